The van der Waals surface area contributed by atoms with Crippen molar-refractivity contribution in [2.45, 2.75) is 26.3 Å². The molecule has 0 unspecified atom stereocenters. The lowest BCUT2D eigenvalue weighted by Gasteiger charge is -2.10. The lowest BCUT2D eigenvalue weighted by Crippen LogP contribution is -2.29. The van der Waals surface area contributed by atoms with E-state index in [-0.39, 0.29) is 5.91 Å². The molecule has 7 nitrogen and oxygen atoms in total. The molecule has 1 aromatic rings. The predicted molar refractivity (Wildman–Crippen MR) is 100 cm³/mol. The Bertz CT molecular complexity index is 497. The highest BCUT2D eigenvalue weighted by atomic mass is 16.5. The van der Waals surface area contributed by atoms with E-state index in [4.69, 9.17) is 20.9 Å². The normalized spacial score (nSPS) is 10.8. The van der Waals surface area contributed by atoms with Crippen LogP contribution in [0.25, 0.3) is 0 Å². The molecular formula is C18H32N4O3. The molecule has 142 valence electrons. The van der Waals surface area contributed by atoms with E-state index in [0.717, 1.165) is 18.7 Å². The first-order chi connectivity index (χ1) is 12.2. The van der Waals surface area contributed by atoms with Gasteiger partial charge in [-0.3, -0.25) is 4.79 Å². The number of carbonyl (C=O) groups is 1. The van der Waals surface area contributed by atoms with Crippen molar-refractivity contribution in [3.63, 3.8) is 0 Å². The Hall–Kier alpha value is -1.67. The summed E-state index contributed by atoms with van der Waals surface area (Å²) in [6, 6.07) is 5.15. The van der Waals surface area contributed by atoms with Crippen molar-refractivity contribution in [1.29, 1.82) is 0 Å². The molecule has 0 radical (unpaired) electrons. The number of amides is 1. The molecule has 1 amide bonds. The van der Waals surface area contributed by atoms with E-state index in [0.29, 0.717) is 50.8 Å². The summed E-state index contributed by atoms with van der Waals surface area (Å²) in [4.78, 5) is 12.1. The van der Waals surface area contributed by atoms with Crippen LogP contribution in [0.2, 0.25) is 0 Å². The molecule has 6 N–H and O–H groups in total. The number of benzene rings is 1. The summed E-state index contributed by atoms with van der Waals surface area (Å²) in [5.41, 5.74) is 13.2. The molecule has 7 heteroatoms. The van der Waals surface area contributed by atoms with Gasteiger partial charge in [0.1, 0.15) is 0 Å². The Morgan fingerprint density at radius 1 is 1.08 bits per heavy atom. The van der Waals surface area contributed by atoms with E-state index in [1.165, 1.54) is 12.8 Å². The Kier molecular flexibility index (Phi) is 11.6. The maximum absolute atomic E-state index is 12.1. The molecule has 0 aliphatic rings. The molecule has 0 heterocycles. The first kappa shape index (κ1) is 21.4. The van der Waals surface area contributed by atoms with Gasteiger partial charge in [0, 0.05) is 30.9 Å². The second-order valence-electron chi connectivity index (χ2n) is 5.70. The Labute approximate surface area is 150 Å². The van der Waals surface area contributed by atoms with Gasteiger partial charge in [0.05, 0.1) is 26.4 Å². The molecule has 0 fully saturated rings. The van der Waals surface area contributed by atoms with E-state index in [1.54, 1.807) is 18.2 Å². The zero-order chi connectivity index (χ0) is 18.3. The first-order valence-corrected chi connectivity index (χ1v) is 8.92. The summed E-state index contributed by atoms with van der Waals surface area (Å²) in [5.74, 6) is -0.189. The summed E-state index contributed by atoms with van der Waals surface area (Å²) >= 11 is 0. The number of nitrogen functional groups attached to an aromatic ring is 1. The van der Waals surface area contributed by atoms with E-state index in [2.05, 4.69) is 17.6 Å². The summed E-state index contributed by atoms with van der Waals surface area (Å²) in [6.07, 6.45) is 2.39. The predicted octanol–water partition coefficient (Wildman–Crippen LogP) is 0.880. The monoisotopic (exact) mass is 352 g/mol. The molecule has 1 aromatic carbocycles. The fourth-order valence-electron chi connectivity index (χ4n) is 2.21. The number of anilines is 1. The van der Waals surface area contributed by atoms with Crippen LogP contribution in [-0.2, 0) is 16.0 Å². The highest BCUT2D eigenvalue weighted by molar-refractivity contribution is 5.96. The number of carbonyl (C=O) groups excluding carboxylic acids is 1. The second-order valence-corrected chi connectivity index (χ2v) is 5.70. The van der Waals surface area contributed by atoms with Crippen LogP contribution in [0.1, 0.15) is 35.7 Å². The van der Waals surface area contributed by atoms with Crippen molar-refractivity contribution in [1.82, 2.24) is 10.6 Å². The van der Waals surface area contributed by atoms with E-state index < -0.39 is 0 Å². The van der Waals surface area contributed by atoms with Crippen LogP contribution in [-0.4, -0.2) is 52.0 Å². The topological polar surface area (TPSA) is 112 Å². The molecule has 1 rings (SSSR count). The molecule has 0 saturated heterocycles. The van der Waals surface area contributed by atoms with Gasteiger partial charge in [0.25, 0.3) is 5.91 Å². The maximum Gasteiger partial charge on any atom is 0.251 e. The standard InChI is InChI=1S/C18H32N4O3/c1-2-3-6-21-7-9-24-11-12-25-10-8-22-18(23)17-13-16(20)5-4-15(17)14-19/h4-5,13,21H,2-3,6-12,14,19-20H2,1H3,(H,22,23). The lowest BCUT2D eigenvalue weighted by molar-refractivity contribution is 0.0493. The SMILES string of the molecule is CCCCNCCOCCOCCNC(=O)c1cc(N)ccc1CN. The highest BCUT2D eigenvalue weighted by Gasteiger charge is 2.10. The third kappa shape index (κ3) is 9.40. The lowest BCUT2D eigenvalue weighted by atomic mass is 10.1. The minimum absolute atomic E-state index is 0.189. The summed E-state index contributed by atoms with van der Waals surface area (Å²) in [7, 11) is 0. The second kappa shape index (κ2) is 13.6. The smallest absolute Gasteiger partial charge is 0.251 e. The van der Waals surface area contributed by atoms with Gasteiger partial charge in [-0.25, -0.2) is 0 Å². The van der Waals surface area contributed by atoms with Crippen molar-refractivity contribution in [2.24, 2.45) is 5.73 Å². The third-order valence-electron chi connectivity index (χ3n) is 3.63. The molecule has 0 spiro atoms. The highest BCUT2D eigenvalue weighted by Crippen LogP contribution is 2.13. The zero-order valence-electron chi connectivity index (χ0n) is 15.2. The van der Waals surface area contributed by atoms with Gasteiger partial charge < -0.3 is 31.6 Å². The number of nitrogens with two attached hydrogens (primary N) is 2. The number of hydrogen-bond donors (Lipinski definition) is 4. The van der Waals surface area contributed by atoms with E-state index in [1.807, 2.05) is 0 Å². The zero-order valence-corrected chi connectivity index (χ0v) is 15.2. The average Bonchev–Trinajstić information content (AvgIpc) is 2.62. The van der Waals surface area contributed by atoms with Crippen molar-refractivity contribution in [3.05, 3.63) is 29.3 Å². The van der Waals surface area contributed by atoms with Gasteiger partial charge in [-0.05, 0) is 30.7 Å². The quantitative estimate of drug-likeness (QED) is 0.292. The van der Waals surface area contributed by atoms with Crippen LogP contribution in [0, 0.1) is 0 Å². The number of nitrogens with one attached hydrogen (secondary N) is 2. The number of rotatable bonds is 14. The van der Waals surface area contributed by atoms with Crippen molar-refractivity contribution in [2.75, 3.05) is 51.8 Å². The van der Waals surface area contributed by atoms with Crippen LogP contribution in [0.15, 0.2) is 18.2 Å². The van der Waals surface area contributed by atoms with Crippen molar-refractivity contribution >= 4 is 11.6 Å². The fraction of sp³-hybridized carbons (Fsp3) is 0.611. The Morgan fingerprint density at radius 2 is 1.80 bits per heavy atom. The third-order valence-corrected chi connectivity index (χ3v) is 3.63. The van der Waals surface area contributed by atoms with Crippen molar-refractivity contribution in [3.8, 4) is 0 Å². The summed E-state index contributed by atoms with van der Waals surface area (Å²) in [6.45, 7) is 6.97. The number of ether oxygens (including phenoxy) is 2. The van der Waals surface area contributed by atoms with Gasteiger partial charge in [-0.15, -0.1) is 0 Å². The molecule has 0 bridgehead atoms. The molecule has 0 aliphatic carbocycles. The molecule has 0 aliphatic heterocycles. The van der Waals surface area contributed by atoms with E-state index in [9.17, 15) is 4.79 Å². The van der Waals surface area contributed by atoms with Crippen molar-refractivity contribution < 1.29 is 14.3 Å². The van der Waals surface area contributed by atoms with Gasteiger partial charge in [0.2, 0.25) is 0 Å². The number of hydrogen-bond acceptors (Lipinski definition) is 6. The Balaban J connectivity index is 2.04. The largest absolute Gasteiger partial charge is 0.399 e. The first-order valence-electron chi connectivity index (χ1n) is 8.92. The molecule has 0 saturated carbocycles. The maximum atomic E-state index is 12.1. The van der Waals surface area contributed by atoms with Gasteiger partial charge in [0.15, 0.2) is 0 Å². The molecule has 25 heavy (non-hydrogen) atoms. The minimum atomic E-state index is -0.189. The van der Waals surface area contributed by atoms with Crippen LogP contribution in [0.3, 0.4) is 0 Å². The minimum Gasteiger partial charge on any atom is -0.399 e. The van der Waals surface area contributed by atoms with Crippen LogP contribution in [0.5, 0.6) is 0 Å². The number of unbranched alkanes of at least 4 members (excludes halogenated alkanes) is 1. The Morgan fingerprint density at radius 3 is 2.48 bits per heavy atom. The summed E-state index contributed by atoms with van der Waals surface area (Å²) in [5, 5.41) is 6.11. The van der Waals surface area contributed by atoms with Crippen LogP contribution >= 0.6 is 0 Å². The molecule has 0 aromatic heterocycles. The van der Waals surface area contributed by atoms with E-state index >= 15 is 0 Å². The molecule has 0 atom stereocenters. The van der Waals surface area contributed by atoms with Crippen LogP contribution in [0.4, 0.5) is 5.69 Å². The van der Waals surface area contributed by atoms with Gasteiger partial charge in [-0.2, -0.15) is 0 Å². The average molecular weight is 352 g/mol. The fourth-order valence-corrected chi connectivity index (χ4v) is 2.21. The van der Waals surface area contributed by atoms with Gasteiger partial charge >= 0.3 is 0 Å². The van der Waals surface area contributed by atoms with Gasteiger partial charge in [-0.1, -0.05) is 19.4 Å². The summed E-state index contributed by atoms with van der Waals surface area (Å²) < 4.78 is 10.9. The molecular weight excluding hydrogens is 320 g/mol. The van der Waals surface area contributed by atoms with Crippen LogP contribution < -0.4 is 22.1 Å².